The highest BCUT2D eigenvalue weighted by atomic mass is 35.5. The zero-order valence-electron chi connectivity index (χ0n) is 17.3. The summed E-state index contributed by atoms with van der Waals surface area (Å²) in [6.45, 7) is 0.456. The Bertz CT molecular complexity index is 1220. The number of carbonyl (C=O) groups is 1. The summed E-state index contributed by atoms with van der Waals surface area (Å²) >= 11 is 5.96. The summed E-state index contributed by atoms with van der Waals surface area (Å²) in [6, 6.07) is 18.5. The molecule has 0 fully saturated rings. The Kier molecular flexibility index (Phi) is 6.57. The van der Waals surface area contributed by atoms with Crippen molar-refractivity contribution in [3.8, 4) is 17.1 Å². The number of nitrogens with one attached hydrogen (secondary N) is 1. The zero-order chi connectivity index (χ0) is 22.3. The number of anilines is 1. The molecule has 4 rings (SSSR count). The number of carbonyl (C=O) groups excluding carboxylic acids is 1. The van der Waals surface area contributed by atoms with Gasteiger partial charge in [0.2, 0.25) is 5.95 Å². The number of halogens is 1. The Labute approximate surface area is 190 Å². The van der Waals surface area contributed by atoms with Crippen molar-refractivity contribution in [2.45, 2.75) is 6.54 Å². The number of nitrogens with zero attached hydrogens (tertiary/aromatic N) is 4. The van der Waals surface area contributed by atoms with Crippen molar-refractivity contribution < 1.29 is 9.53 Å². The number of rotatable bonds is 7. The van der Waals surface area contributed by atoms with E-state index < -0.39 is 0 Å². The van der Waals surface area contributed by atoms with Crippen molar-refractivity contribution in [1.29, 1.82) is 0 Å². The maximum absolute atomic E-state index is 12.9. The quantitative estimate of drug-likeness (QED) is 0.404. The summed E-state index contributed by atoms with van der Waals surface area (Å²) in [4.78, 5) is 21.6. The number of hydrogen-bond donors (Lipinski definition) is 1. The maximum Gasteiger partial charge on any atom is 0.274 e. The summed E-state index contributed by atoms with van der Waals surface area (Å²) in [6.07, 6.45) is 6.50. The number of ether oxygens (including phenoxy) is 1. The minimum absolute atomic E-state index is 0.331. The SMILES string of the molecule is COc1ccc(C=CC(=O)n2nc(-c3cccnc3)nc2NCc2ccc(Cl)cc2)cc1. The summed E-state index contributed by atoms with van der Waals surface area (Å²) in [5, 5.41) is 8.26. The molecule has 0 spiro atoms. The van der Waals surface area contributed by atoms with E-state index in [1.165, 1.54) is 10.8 Å². The molecule has 0 bridgehead atoms. The Morgan fingerprint density at radius 3 is 2.59 bits per heavy atom. The molecule has 0 saturated carbocycles. The number of allylic oxidation sites excluding steroid dienone is 1. The van der Waals surface area contributed by atoms with E-state index in [1.54, 1.807) is 31.6 Å². The van der Waals surface area contributed by atoms with E-state index in [4.69, 9.17) is 16.3 Å². The predicted molar refractivity (Wildman–Crippen MR) is 125 cm³/mol. The van der Waals surface area contributed by atoms with Gasteiger partial charge in [0.25, 0.3) is 5.91 Å². The third-order valence-corrected chi connectivity index (χ3v) is 4.89. The molecule has 2 aromatic heterocycles. The monoisotopic (exact) mass is 445 g/mol. The standard InChI is InChI=1S/C24H20ClN5O2/c1-32-21-11-6-17(7-12-21)8-13-22(31)30-24(27-15-18-4-9-20(25)10-5-18)28-23(29-30)19-3-2-14-26-16-19/h2-14,16H,15H2,1H3,(H,27,28,29). The van der Waals surface area contributed by atoms with Crippen LogP contribution < -0.4 is 10.1 Å². The Morgan fingerprint density at radius 1 is 1.12 bits per heavy atom. The molecule has 0 aliphatic rings. The lowest BCUT2D eigenvalue weighted by molar-refractivity contribution is 0.0957. The van der Waals surface area contributed by atoms with Crippen LogP contribution in [0.2, 0.25) is 5.02 Å². The molecule has 0 atom stereocenters. The minimum atomic E-state index is -0.331. The van der Waals surface area contributed by atoms with Crippen molar-refractivity contribution in [2.24, 2.45) is 0 Å². The van der Waals surface area contributed by atoms with Gasteiger partial charge in [-0.25, -0.2) is 0 Å². The molecular formula is C24H20ClN5O2. The highest BCUT2D eigenvalue weighted by Gasteiger charge is 2.16. The van der Waals surface area contributed by atoms with Gasteiger partial charge >= 0.3 is 0 Å². The van der Waals surface area contributed by atoms with Crippen LogP contribution in [-0.2, 0) is 6.54 Å². The van der Waals surface area contributed by atoms with Crippen molar-refractivity contribution in [3.05, 3.63) is 95.3 Å². The lowest BCUT2D eigenvalue weighted by Crippen LogP contribution is -2.14. The van der Waals surface area contributed by atoms with Crippen molar-refractivity contribution >= 4 is 29.5 Å². The van der Waals surface area contributed by atoms with E-state index in [1.807, 2.05) is 54.6 Å². The van der Waals surface area contributed by atoms with Gasteiger partial charge in [0, 0.05) is 35.6 Å². The topological polar surface area (TPSA) is 81.9 Å². The van der Waals surface area contributed by atoms with Crippen LogP contribution in [0.1, 0.15) is 15.9 Å². The van der Waals surface area contributed by atoms with E-state index in [-0.39, 0.29) is 5.91 Å². The second kappa shape index (κ2) is 9.89. The molecule has 0 saturated heterocycles. The molecule has 32 heavy (non-hydrogen) atoms. The fourth-order valence-electron chi connectivity index (χ4n) is 2.93. The predicted octanol–water partition coefficient (Wildman–Crippen LogP) is 4.97. The van der Waals surface area contributed by atoms with E-state index >= 15 is 0 Å². The molecular weight excluding hydrogens is 426 g/mol. The van der Waals surface area contributed by atoms with Crippen molar-refractivity contribution in [2.75, 3.05) is 12.4 Å². The maximum atomic E-state index is 12.9. The number of aromatic nitrogens is 4. The van der Waals surface area contributed by atoms with Gasteiger partial charge in [-0.3, -0.25) is 9.78 Å². The summed E-state index contributed by atoms with van der Waals surface area (Å²) < 4.78 is 6.41. The third kappa shape index (κ3) is 5.19. The largest absolute Gasteiger partial charge is 0.497 e. The fraction of sp³-hybridized carbons (Fsp3) is 0.0833. The van der Waals surface area contributed by atoms with Gasteiger partial charge in [-0.05, 0) is 53.6 Å². The number of pyridine rings is 1. The van der Waals surface area contributed by atoms with Gasteiger partial charge in [0.1, 0.15) is 5.75 Å². The van der Waals surface area contributed by atoms with E-state index in [2.05, 4.69) is 20.4 Å². The molecule has 0 aliphatic carbocycles. The molecule has 0 radical (unpaired) electrons. The molecule has 0 unspecified atom stereocenters. The lowest BCUT2D eigenvalue weighted by Gasteiger charge is -2.06. The van der Waals surface area contributed by atoms with Crippen LogP contribution in [-0.4, -0.2) is 32.8 Å². The van der Waals surface area contributed by atoms with Gasteiger partial charge in [-0.1, -0.05) is 35.9 Å². The summed E-state index contributed by atoms with van der Waals surface area (Å²) in [7, 11) is 1.61. The molecule has 1 N–H and O–H groups in total. The van der Waals surface area contributed by atoms with Crippen molar-refractivity contribution in [3.63, 3.8) is 0 Å². The molecule has 2 aromatic carbocycles. The summed E-state index contributed by atoms with van der Waals surface area (Å²) in [5.74, 6) is 1.16. The third-order valence-electron chi connectivity index (χ3n) is 4.63. The van der Waals surface area contributed by atoms with E-state index in [0.29, 0.717) is 28.9 Å². The second-order valence-corrected chi connectivity index (χ2v) is 7.27. The molecule has 160 valence electrons. The van der Waals surface area contributed by atoms with Crippen LogP contribution in [0.5, 0.6) is 5.75 Å². The average Bonchev–Trinajstić information content (AvgIpc) is 3.27. The van der Waals surface area contributed by atoms with Gasteiger partial charge < -0.3 is 10.1 Å². The Morgan fingerprint density at radius 2 is 1.91 bits per heavy atom. The fourth-order valence-corrected chi connectivity index (χ4v) is 3.06. The van der Waals surface area contributed by atoms with Crippen LogP contribution in [0.15, 0.2) is 79.1 Å². The summed E-state index contributed by atoms with van der Waals surface area (Å²) in [5.41, 5.74) is 2.57. The number of benzene rings is 2. The first-order valence-electron chi connectivity index (χ1n) is 9.84. The van der Waals surface area contributed by atoms with Crippen LogP contribution in [0.4, 0.5) is 5.95 Å². The molecule has 7 nitrogen and oxygen atoms in total. The van der Waals surface area contributed by atoms with E-state index in [9.17, 15) is 4.79 Å². The van der Waals surface area contributed by atoms with Gasteiger partial charge in [-0.2, -0.15) is 9.67 Å². The Balaban J connectivity index is 1.59. The molecule has 0 aliphatic heterocycles. The highest BCUT2D eigenvalue weighted by molar-refractivity contribution is 6.30. The number of methoxy groups -OCH3 is 1. The first-order chi connectivity index (χ1) is 15.6. The minimum Gasteiger partial charge on any atom is -0.497 e. The highest BCUT2D eigenvalue weighted by Crippen LogP contribution is 2.19. The van der Waals surface area contributed by atoms with Crippen molar-refractivity contribution in [1.82, 2.24) is 19.7 Å². The second-order valence-electron chi connectivity index (χ2n) is 6.84. The van der Waals surface area contributed by atoms with Crippen LogP contribution in [0, 0.1) is 0 Å². The first kappa shape index (κ1) is 21.3. The molecule has 8 heteroatoms. The Hall–Kier alpha value is -3.97. The number of hydrogen-bond acceptors (Lipinski definition) is 6. The van der Waals surface area contributed by atoms with Gasteiger partial charge in [0.15, 0.2) is 5.82 Å². The zero-order valence-corrected chi connectivity index (χ0v) is 18.0. The van der Waals surface area contributed by atoms with Crippen LogP contribution in [0.25, 0.3) is 17.5 Å². The average molecular weight is 446 g/mol. The molecule has 2 heterocycles. The van der Waals surface area contributed by atoms with E-state index in [0.717, 1.165) is 16.9 Å². The lowest BCUT2D eigenvalue weighted by atomic mass is 10.2. The van der Waals surface area contributed by atoms with Gasteiger partial charge in [0.05, 0.1) is 7.11 Å². The van der Waals surface area contributed by atoms with Crippen LogP contribution >= 0.6 is 11.6 Å². The smallest absolute Gasteiger partial charge is 0.274 e. The molecule has 4 aromatic rings. The van der Waals surface area contributed by atoms with Crippen LogP contribution in [0.3, 0.4) is 0 Å². The first-order valence-corrected chi connectivity index (χ1v) is 10.2. The molecule has 0 amide bonds. The normalized spacial score (nSPS) is 10.9. The van der Waals surface area contributed by atoms with Gasteiger partial charge in [-0.15, -0.1) is 5.10 Å².